The molecule has 0 amide bonds. The maximum Gasteiger partial charge on any atom is 0.341 e. The van der Waals surface area contributed by atoms with Crippen molar-refractivity contribution in [1.29, 1.82) is 0 Å². The van der Waals surface area contributed by atoms with Gasteiger partial charge in [0.1, 0.15) is 17.1 Å². The molecule has 0 aromatic heterocycles. The fourth-order valence-corrected chi connectivity index (χ4v) is 6.53. The van der Waals surface area contributed by atoms with E-state index in [1.165, 1.54) is 24.3 Å². The Morgan fingerprint density at radius 1 is 1.06 bits per heavy atom. The van der Waals surface area contributed by atoms with Crippen LogP contribution in [0.15, 0.2) is 35.2 Å². The van der Waals surface area contributed by atoms with Gasteiger partial charge in [-0.3, -0.25) is 9.35 Å². The van der Waals surface area contributed by atoms with Crippen LogP contribution in [0.25, 0.3) is 0 Å². The topological polar surface area (TPSA) is 127 Å². The summed E-state index contributed by atoms with van der Waals surface area (Å²) >= 11 is 3.96. The summed E-state index contributed by atoms with van der Waals surface area (Å²) in [6.45, 7) is -0.0373. The highest BCUT2D eigenvalue weighted by Gasteiger charge is 2.25. The molecule has 1 aliphatic rings. The van der Waals surface area contributed by atoms with E-state index in [-0.39, 0.29) is 47.3 Å². The van der Waals surface area contributed by atoms with E-state index in [1.54, 1.807) is 6.07 Å². The fraction of sp³-hybridized carbons (Fsp3) is 0.391. The number of esters is 2. The van der Waals surface area contributed by atoms with Gasteiger partial charge in [0.05, 0.1) is 15.1 Å². The lowest BCUT2D eigenvalue weighted by Crippen LogP contribution is -2.13. The minimum atomic E-state index is -4.39. The molecule has 0 spiro atoms. The predicted molar refractivity (Wildman–Crippen MR) is 141 cm³/mol. The molecule has 0 saturated heterocycles. The molecule has 0 radical (unpaired) electrons. The van der Waals surface area contributed by atoms with Crippen LogP contribution in [0.5, 0.6) is 11.5 Å². The molecule has 2 aromatic carbocycles. The van der Waals surface area contributed by atoms with Gasteiger partial charge < -0.3 is 14.6 Å². The van der Waals surface area contributed by atoms with Crippen molar-refractivity contribution in [3.05, 3.63) is 48.6 Å². The van der Waals surface area contributed by atoms with Gasteiger partial charge in [0.2, 0.25) is 0 Å². The van der Waals surface area contributed by atoms with Crippen molar-refractivity contribution in [3.8, 4) is 11.5 Å². The quantitative estimate of drug-likeness (QED) is 0.122. The Balaban J connectivity index is 1.57. The normalized spacial score (nSPS) is 14.6. The van der Waals surface area contributed by atoms with Crippen molar-refractivity contribution in [2.24, 2.45) is 0 Å². The zero-order chi connectivity index (χ0) is 24.9. The maximum atomic E-state index is 12.3. The van der Waals surface area contributed by atoms with E-state index in [9.17, 15) is 27.7 Å². The van der Waals surface area contributed by atoms with Gasteiger partial charge in [0.15, 0.2) is 0 Å². The van der Waals surface area contributed by atoms with Crippen molar-refractivity contribution < 1.29 is 37.1 Å². The lowest BCUT2D eigenvalue weighted by Gasteiger charge is -2.24. The Bertz CT molecular complexity index is 1170. The Morgan fingerprint density at radius 2 is 1.76 bits per heavy atom. The second-order valence-corrected chi connectivity index (χ2v) is 11.8. The molecule has 0 bridgehead atoms. The summed E-state index contributed by atoms with van der Waals surface area (Å²) in [5.41, 5.74) is 0.529. The molecule has 0 unspecified atom stereocenters. The largest absolute Gasteiger partial charge is 0.506 e. The van der Waals surface area contributed by atoms with Crippen LogP contribution >= 0.6 is 45.2 Å². The monoisotopic (exact) mass is 714 g/mol. The van der Waals surface area contributed by atoms with Crippen LogP contribution in [0, 0.1) is 7.14 Å². The Hall–Kier alpha value is -1.45. The first-order valence-corrected chi connectivity index (χ1v) is 14.3. The molecular formula is C23H24I2O8S. The third-order valence-corrected chi connectivity index (χ3v) is 7.92. The number of hydrogen-bond donors (Lipinski definition) is 2. The number of halogens is 2. The molecule has 8 nitrogen and oxygen atoms in total. The summed E-state index contributed by atoms with van der Waals surface area (Å²) in [5, 5.41) is 10.0. The number of phenolic OH excluding ortho intramolecular Hbond substituents is 1. The molecule has 184 valence electrons. The number of aromatic hydroxyl groups is 1. The number of rotatable bonds is 8. The van der Waals surface area contributed by atoms with Gasteiger partial charge in [-0.1, -0.05) is 19.3 Å². The van der Waals surface area contributed by atoms with Gasteiger partial charge in [-0.25, -0.2) is 4.79 Å². The van der Waals surface area contributed by atoms with Crippen molar-refractivity contribution in [2.75, 3.05) is 6.61 Å². The first kappa shape index (κ1) is 27.1. The SMILES string of the molecule is O=C(CCCOC(=O)c1cc(I)cc(I)c1O)Oc1ccc(S(=O)(=O)O)c(C2CCCCC2)c1. The first-order valence-electron chi connectivity index (χ1n) is 10.7. The Labute approximate surface area is 225 Å². The van der Waals surface area contributed by atoms with E-state index in [2.05, 4.69) is 0 Å². The molecular weight excluding hydrogens is 690 g/mol. The number of carbonyl (C=O) groups is 2. The highest BCUT2D eigenvalue weighted by molar-refractivity contribution is 14.1. The molecule has 1 fully saturated rings. The van der Waals surface area contributed by atoms with E-state index in [1.807, 2.05) is 45.2 Å². The first-order chi connectivity index (χ1) is 16.1. The molecule has 0 aliphatic heterocycles. The van der Waals surface area contributed by atoms with E-state index in [0.29, 0.717) is 9.13 Å². The highest BCUT2D eigenvalue weighted by atomic mass is 127. The second-order valence-electron chi connectivity index (χ2n) is 8.01. The van der Waals surface area contributed by atoms with Crippen molar-refractivity contribution >= 4 is 67.2 Å². The highest BCUT2D eigenvalue weighted by Crippen LogP contribution is 2.37. The average molecular weight is 714 g/mol. The second kappa shape index (κ2) is 12.0. The predicted octanol–water partition coefficient (Wildman–Crippen LogP) is 5.44. The zero-order valence-electron chi connectivity index (χ0n) is 18.1. The molecule has 11 heteroatoms. The lowest BCUT2D eigenvalue weighted by atomic mass is 9.84. The number of carbonyl (C=O) groups excluding carboxylic acids is 2. The summed E-state index contributed by atoms with van der Waals surface area (Å²) in [6.07, 6.45) is 4.82. The summed E-state index contributed by atoms with van der Waals surface area (Å²) < 4.78 is 45.1. The van der Waals surface area contributed by atoms with Crippen LogP contribution < -0.4 is 4.74 Å². The number of phenols is 1. The van der Waals surface area contributed by atoms with Gasteiger partial charge in [-0.15, -0.1) is 0 Å². The molecule has 2 N–H and O–H groups in total. The molecule has 1 saturated carbocycles. The molecule has 0 heterocycles. The van der Waals surface area contributed by atoms with Crippen molar-refractivity contribution in [2.45, 2.75) is 55.8 Å². The van der Waals surface area contributed by atoms with Crippen LogP contribution in [0.1, 0.15) is 66.8 Å². The molecule has 2 aromatic rings. The number of hydrogen-bond acceptors (Lipinski definition) is 7. The fourth-order valence-electron chi connectivity index (χ4n) is 3.92. The zero-order valence-corrected chi connectivity index (χ0v) is 23.3. The van der Waals surface area contributed by atoms with E-state index in [4.69, 9.17) is 9.47 Å². The average Bonchev–Trinajstić information content (AvgIpc) is 2.78. The van der Waals surface area contributed by atoms with Gasteiger partial charge in [-0.05, 0) is 106 Å². The smallest absolute Gasteiger partial charge is 0.341 e. The van der Waals surface area contributed by atoms with E-state index >= 15 is 0 Å². The summed E-state index contributed by atoms with van der Waals surface area (Å²) in [4.78, 5) is 24.3. The van der Waals surface area contributed by atoms with Gasteiger partial charge >= 0.3 is 11.9 Å². The van der Waals surface area contributed by atoms with E-state index < -0.39 is 22.1 Å². The van der Waals surface area contributed by atoms with Gasteiger partial charge in [0.25, 0.3) is 10.1 Å². The minimum Gasteiger partial charge on any atom is -0.506 e. The molecule has 1 aliphatic carbocycles. The van der Waals surface area contributed by atoms with Crippen LogP contribution in [-0.4, -0.2) is 36.6 Å². The van der Waals surface area contributed by atoms with Crippen LogP contribution in [-0.2, 0) is 19.6 Å². The molecule has 34 heavy (non-hydrogen) atoms. The summed E-state index contributed by atoms with van der Waals surface area (Å²) in [7, 11) is -4.39. The van der Waals surface area contributed by atoms with E-state index in [0.717, 1.165) is 35.7 Å². The van der Waals surface area contributed by atoms with Crippen LogP contribution in [0.3, 0.4) is 0 Å². The Kier molecular flexibility index (Phi) is 9.57. The van der Waals surface area contributed by atoms with Crippen molar-refractivity contribution in [3.63, 3.8) is 0 Å². The van der Waals surface area contributed by atoms with Crippen LogP contribution in [0.4, 0.5) is 0 Å². The third-order valence-electron chi connectivity index (χ3n) is 5.54. The minimum absolute atomic E-state index is 0.0238. The molecule has 3 rings (SSSR count). The lowest BCUT2D eigenvalue weighted by molar-refractivity contribution is -0.134. The number of benzene rings is 2. The summed E-state index contributed by atoms with van der Waals surface area (Å²) in [6, 6.07) is 7.37. The molecule has 0 atom stereocenters. The van der Waals surface area contributed by atoms with Crippen molar-refractivity contribution in [1.82, 2.24) is 0 Å². The van der Waals surface area contributed by atoms with Gasteiger partial charge in [0, 0.05) is 9.99 Å². The maximum absolute atomic E-state index is 12.3. The van der Waals surface area contributed by atoms with Gasteiger partial charge in [-0.2, -0.15) is 8.42 Å². The number of ether oxygens (including phenoxy) is 2. The standard InChI is InChI=1S/C23H24I2O8S/c24-15-11-18(22(27)19(25)12-15)23(28)32-10-4-7-21(26)33-16-8-9-20(34(29,30)31)17(13-16)14-5-2-1-3-6-14/h8-9,11-14,27H,1-7,10H2,(H,29,30,31). The third kappa shape index (κ3) is 7.28. The summed E-state index contributed by atoms with van der Waals surface area (Å²) in [5.74, 6) is -1.21. The Morgan fingerprint density at radius 3 is 2.44 bits per heavy atom. The van der Waals surface area contributed by atoms with Crippen LogP contribution in [0.2, 0.25) is 0 Å².